The second-order valence-electron chi connectivity index (χ2n) is 4.69. The highest BCUT2D eigenvalue weighted by Crippen LogP contribution is 2.33. The maximum absolute atomic E-state index is 11.7. The molecule has 2 unspecified atom stereocenters. The van der Waals surface area contributed by atoms with Gasteiger partial charge in [0.25, 0.3) is 0 Å². The first-order chi connectivity index (χ1) is 6.93. The Morgan fingerprint density at radius 2 is 1.80 bits per heavy atom. The molecule has 2 N–H and O–H groups in total. The quantitative estimate of drug-likeness (QED) is 0.722. The Morgan fingerprint density at radius 3 is 2.13 bits per heavy atom. The van der Waals surface area contributed by atoms with Crippen molar-refractivity contribution < 1.29 is 14.7 Å². The zero-order valence-corrected chi connectivity index (χ0v) is 9.49. The van der Waals surface area contributed by atoms with Crippen LogP contribution in [0.1, 0.15) is 33.6 Å². The van der Waals surface area contributed by atoms with Crippen molar-refractivity contribution in [1.29, 1.82) is 0 Å². The van der Waals surface area contributed by atoms with Crippen LogP contribution in [-0.4, -0.2) is 23.0 Å². The normalized spacial score (nSPS) is 19.7. The van der Waals surface area contributed by atoms with Crippen LogP contribution >= 0.6 is 0 Å². The van der Waals surface area contributed by atoms with Crippen LogP contribution in [0.25, 0.3) is 0 Å². The number of carbonyl (C=O) groups is 2. The molecule has 1 fully saturated rings. The van der Waals surface area contributed by atoms with Gasteiger partial charge in [0.15, 0.2) is 0 Å². The number of carboxylic acids is 1. The molecular weight excluding hydrogens is 194 g/mol. The second kappa shape index (κ2) is 4.64. The van der Waals surface area contributed by atoms with Crippen molar-refractivity contribution in [2.24, 2.45) is 17.8 Å². The number of carbonyl (C=O) groups excluding carboxylic acids is 1. The number of amides is 1. The van der Waals surface area contributed by atoms with Gasteiger partial charge in [-0.25, -0.2) is 4.79 Å². The molecule has 15 heavy (non-hydrogen) atoms. The van der Waals surface area contributed by atoms with Gasteiger partial charge in [-0.2, -0.15) is 0 Å². The van der Waals surface area contributed by atoms with Gasteiger partial charge in [-0.1, -0.05) is 20.8 Å². The second-order valence-corrected chi connectivity index (χ2v) is 4.69. The van der Waals surface area contributed by atoms with Gasteiger partial charge in [0.2, 0.25) is 5.91 Å². The third kappa shape index (κ3) is 3.22. The van der Waals surface area contributed by atoms with Gasteiger partial charge >= 0.3 is 5.97 Å². The molecule has 2 atom stereocenters. The smallest absolute Gasteiger partial charge is 0.326 e. The average Bonchev–Trinajstić information content (AvgIpc) is 2.95. The third-order valence-corrected chi connectivity index (χ3v) is 3.07. The Labute approximate surface area is 90.0 Å². The van der Waals surface area contributed by atoms with Gasteiger partial charge in [-0.15, -0.1) is 0 Å². The van der Waals surface area contributed by atoms with E-state index in [2.05, 4.69) is 5.32 Å². The van der Waals surface area contributed by atoms with Crippen molar-refractivity contribution in [1.82, 2.24) is 5.32 Å². The molecule has 4 nitrogen and oxygen atoms in total. The largest absolute Gasteiger partial charge is 0.480 e. The van der Waals surface area contributed by atoms with Gasteiger partial charge in [-0.3, -0.25) is 4.79 Å². The van der Waals surface area contributed by atoms with E-state index in [4.69, 9.17) is 5.11 Å². The highest BCUT2D eigenvalue weighted by atomic mass is 16.4. The zero-order valence-electron chi connectivity index (χ0n) is 9.49. The van der Waals surface area contributed by atoms with Gasteiger partial charge in [0, 0.05) is 5.92 Å². The Balaban J connectivity index is 2.50. The summed E-state index contributed by atoms with van der Waals surface area (Å²) >= 11 is 0. The fourth-order valence-electron chi connectivity index (χ4n) is 1.40. The topological polar surface area (TPSA) is 66.4 Å². The van der Waals surface area contributed by atoms with Gasteiger partial charge in [0.05, 0.1) is 0 Å². The van der Waals surface area contributed by atoms with E-state index < -0.39 is 12.0 Å². The fourth-order valence-corrected chi connectivity index (χ4v) is 1.40. The van der Waals surface area contributed by atoms with Crippen LogP contribution in [-0.2, 0) is 9.59 Å². The SMILES string of the molecule is CC(C)C(C)C(=O)NC(C(=O)O)C1CC1. The van der Waals surface area contributed by atoms with Crippen molar-refractivity contribution in [2.75, 3.05) is 0 Å². The summed E-state index contributed by atoms with van der Waals surface area (Å²) in [6.45, 7) is 5.74. The molecule has 1 aliphatic carbocycles. The molecule has 0 spiro atoms. The first-order valence-corrected chi connectivity index (χ1v) is 5.46. The monoisotopic (exact) mass is 213 g/mol. The number of carboxylic acid groups (broad SMARTS) is 1. The summed E-state index contributed by atoms with van der Waals surface area (Å²) in [6.07, 6.45) is 1.82. The standard InChI is InChI=1S/C11H19NO3/c1-6(2)7(3)10(13)12-9(11(14)15)8-4-5-8/h6-9H,4-5H2,1-3H3,(H,12,13)(H,14,15). The van der Waals surface area contributed by atoms with Crippen LogP contribution < -0.4 is 5.32 Å². The van der Waals surface area contributed by atoms with Crippen LogP contribution in [0.3, 0.4) is 0 Å². The minimum Gasteiger partial charge on any atom is -0.480 e. The lowest BCUT2D eigenvalue weighted by Crippen LogP contribution is -2.45. The van der Waals surface area contributed by atoms with Gasteiger partial charge < -0.3 is 10.4 Å². The van der Waals surface area contributed by atoms with Crippen molar-refractivity contribution in [3.63, 3.8) is 0 Å². The molecule has 0 saturated heterocycles. The Bertz CT molecular complexity index is 259. The molecule has 1 amide bonds. The summed E-state index contributed by atoms with van der Waals surface area (Å²) in [5, 5.41) is 11.6. The minimum absolute atomic E-state index is 0.134. The molecule has 1 rings (SSSR count). The van der Waals surface area contributed by atoms with E-state index >= 15 is 0 Å². The van der Waals surface area contributed by atoms with Crippen LogP contribution in [0.4, 0.5) is 0 Å². The van der Waals surface area contributed by atoms with Crippen LogP contribution in [0.5, 0.6) is 0 Å². The van der Waals surface area contributed by atoms with E-state index in [-0.39, 0.29) is 23.7 Å². The number of rotatable bonds is 5. The number of nitrogens with one attached hydrogen (secondary N) is 1. The Hall–Kier alpha value is -1.06. The highest BCUT2D eigenvalue weighted by Gasteiger charge is 2.37. The molecule has 86 valence electrons. The van der Waals surface area contributed by atoms with E-state index in [1.165, 1.54) is 0 Å². The lowest BCUT2D eigenvalue weighted by atomic mass is 9.96. The number of hydrogen-bond acceptors (Lipinski definition) is 2. The molecule has 1 saturated carbocycles. The molecule has 0 radical (unpaired) electrons. The van der Waals surface area contributed by atoms with Crippen molar-refractivity contribution >= 4 is 11.9 Å². The summed E-state index contributed by atoms with van der Waals surface area (Å²) in [6, 6.07) is -0.682. The summed E-state index contributed by atoms with van der Waals surface area (Å²) in [7, 11) is 0. The number of hydrogen-bond donors (Lipinski definition) is 2. The average molecular weight is 213 g/mol. The molecule has 4 heteroatoms. The highest BCUT2D eigenvalue weighted by molar-refractivity contribution is 5.85. The molecule has 0 bridgehead atoms. The van der Waals surface area contributed by atoms with E-state index in [9.17, 15) is 9.59 Å². The first-order valence-electron chi connectivity index (χ1n) is 5.46. The van der Waals surface area contributed by atoms with E-state index in [1.807, 2.05) is 20.8 Å². The van der Waals surface area contributed by atoms with Crippen molar-refractivity contribution in [3.8, 4) is 0 Å². The lowest BCUT2D eigenvalue weighted by molar-refractivity contribution is -0.143. The zero-order chi connectivity index (χ0) is 11.6. The fraction of sp³-hybridized carbons (Fsp3) is 0.818. The van der Waals surface area contributed by atoms with Gasteiger partial charge in [-0.05, 0) is 24.7 Å². The summed E-state index contributed by atoms with van der Waals surface area (Å²) in [4.78, 5) is 22.6. The van der Waals surface area contributed by atoms with Crippen LogP contribution in [0.2, 0.25) is 0 Å². The predicted octanol–water partition coefficient (Wildman–Crippen LogP) is 1.26. The van der Waals surface area contributed by atoms with Crippen LogP contribution in [0.15, 0.2) is 0 Å². The Kier molecular flexibility index (Phi) is 3.72. The van der Waals surface area contributed by atoms with Crippen molar-refractivity contribution in [2.45, 2.75) is 39.7 Å². The maximum Gasteiger partial charge on any atom is 0.326 e. The molecular formula is C11H19NO3. The lowest BCUT2D eigenvalue weighted by Gasteiger charge is -2.19. The van der Waals surface area contributed by atoms with Crippen molar-refractivity contribution in [3.05, 3.63) is 0 Å². The summed E-state index contributed by atoms with van der Waals surface area (Å²) < 4.78 is 0. The van der Waals surface area contributed by atoms with Gasteiger partial charge in [0.1, 0.15) is 6.04 Å². The number of aliphatic carboxylic acids is 1. The Morgan fingerprint density at radius 1 is 1.27 bits per heavy atom. The maximum atomic E-state index is 11.7. The minimum atomic E-state index is -0.915. The van der Waals surface area contributed by atoms with Crippen LogP contribution in [0, 0.1) is 17.8 Å². The summed E-state index contributed by atoms with van der Waals surface area (Å²) in [5.41, 5.74) is 0. The molecule has 0 aromatic carbocycles. The molecule has 0 heterocycles. The molecule has 0 aliphatic heterocycles. The molecule has 0 aromatic heterocycles. The third-order valence-electron chi connectivity index (χ3n) is 3.07. The molecule has 0 aromatic rings. The predicted molar refractivity (Wildman–Crippen MR) is 56.3 cm³/mol. The van der Waals surface area contributed by atoms with E-state index in [0.29, 0.717) is 0 Å². The summed E-state index contributed by atoms with van der Waals surface area (Å²) in [5.74, 6) is -0.818. The first kappa shape index (κ1) is 12.0. The van der Waals surface area contributed by atoms with E-state index in [0.717, 1.165) is 12.8 Å². The van der Waals surface area contributed by atoms with E-state index in [1.54, 1.807) is 0 Å². The molecule has 1 aliphatic rings.